The molecule has 34 heavy (non-hydrogen) atoms. The first-order valence-corrected chi connectivity index (χ1v) is 12.9. The van der Waals surface area contributed by atoms with Crippen LogP contribution in [0.2, 0.25) is 0 Å². The van der Waals surface area contributed by atoms with Crippen molar-refractivity contribution in [1.82, 2.24) is 0 Å². The SMILES string of the molecule is C=C(C)C(=O)OCC(C)CSc1ccc2cc(-c3ccc(CCCCC)cc3C)c(=O)oc2c1. The lowest BCUT2D eigenvalue weighted by molar-refractivity contribution is -0.139. The molecule has 0 spiro atoms. The molecule has 0 aliphatic rings. The molecule has 2 aromatic carbocycles. The second kappa shape index (κ2) is 12.1. The summed E-state index contributed by atoms with van der Waals surface area (Å²) in [5.41, 5.74) is 4.58. The van der Waals surface area contributed by atoms with E-state index in [4.69, 9.17) is 9.15 Å². The number of rotatable bonds is 11. The third-order valence-electron chi connectivity index (χ3n) is 5.74. The average Bonchev–Trinajstić information content (AvgIpc) is 2.81. The molecule has 3 rings (SSSR count). The van der Waals surface area contributed by atoms with Crippen LogP contribution in [0.25, 0.3) is 22.1 Å². The normalized spacial score (nSPS) is 12.0. The molecule has 0 aliphatic heterocycles. The quantitative estimate of drug-likeness (QED) is 0.0948. The Morgan fingerprint density at radius 1 is 1.12 bits per heavy atom. The van der Waals surface area contributed by atoms with Crippen LogP contribution < -0.4 is 5.63 Å². The first-order chi connectivity index (χ1) is 16.3. The predicted molar refractivity (Wildman–Crippen MR) is 142 cm³/mol. The maximum absolute atomic E-state index is 12.8. The standard InChI is InChI=1S/C29H34O4S/c1-6-7-8-9-22-10-13-25(21(5)14-22)26-15-23-11-12-24(16-27(23)33-29(26)31)34-18-20(4)17-32-28(30)19(2)3/h10-16,20H,2,6-9,17-18H2,1,3-5H3. The molecular formula is C29H34O4S. The maximum Gasteiger partial charge on any atom is 0.344 e. The number of ether oxygens (including phenoxy) is 1. The summed E-state index contributed by atoms with van der Waals surface area (Å²) in [6, 6.07) is 14.2. The van der Waals surface area contributed by atoms with Gasteiger partial charge in [0, 0.05) is 21.6 Å². The summed E-state index contributed by atoms with van der Waals surface area (Å²) >= 11 is 1.65. The van der Waals surface area contributed by atoms with Crippen LogP contribution in [0, 0.1) is 12.8 Å². The molecule has 1 unspecified atom stereocenters. The highest BCUT2D eigenvalue weighted by Gasteiger charge is 2.13. The second-order valence-corrected chi connectivity index (χ2v) is 10.1. The van der Waals surface area contributed by atoms with Gasteiger partial charge in [-0.3, -0.25) is 0 Å². The number of benzene rings is 2. The largest absolute Gasteiger partial charge is 0.462 e. The fraction of sp³-hybridized carbons (Fsp3) is 0.379. The number of esters is 1. The third kappa shape index (κ3) is 6.86. The van der Waals surface area contributed by atoms with Crippen LogP contribution in [-0.4, -0.2) is 18.3 Å². The minimum atomic E-state index is -0.360. The Hall–Kier alpha value is -2.79. The minimum Gasteiger partial charge on any atom is -0.462 e. The molecule has 1 heterocycles. The molecule has 0 bridgehead atoms. The van der Waals surface area contributed by atoms with Gasteiger partial charge >= 0.3 is 11.6 Å². The molecule has 0 radical (unpaired) electrons. The lowest BCUT2D eigenvalue weighted by Crippen LogP contribution is -2.13. The maximum atomic E-state index is 12.8. The number of carbonyl (C=O) groups is 1. The molecule has 5 heteroatoms. The zero-order valence-corrected chi connectivity index (χ0v) is 21.4. The summed E-state index contributed by atoms with van der Waals surface area (Å²) in [4.78, 5) is 25.4. The number of unbranched alkanes of at least 4 members (excludes halogenated alkanes) is 2. The Labute approximate surface area is 206 Å². The molecule has 1 aromatic heterocycles. The lowest BCUT2D eigenvalue weighted by Gasteiger charge is -2.12. The first-order valence-electron chi connectivity index (χ1n) is 11.9. The van der Waals surface area contributed by atoms with Gasteiger partial charge < -0.3 is 9.15 Å². The van der Waals surface area contributed by atoms with Gasteiger partial charge in [-0.15, -0.1) is 11.8 Å². The van der Waals surface area contributed by atoms with Gasteiger partial charge in [0.15, 0.2) is 0 Å². The van der Waals surface area contributed by atoms with Gasteiger partial charge in [-0.25, -0.2) is 9.59 Å². The van der Waals surface area contributed by atoms with E-state index >= 15 is 0 Å². The van der Waals surface area contributed by atoms with Gasteiger partial charge in [-0.1, -0.05) is 57.5 Å². The van der Waals surface area contributed by atoms with Crippen LogP contribution in [0.5, 0.6) is 0 Å². The summed E-state index contributed by atoms with van der Waals surface area (Å²) in [6.07, 6.45) is 4.69. The van der Waals surface area contributed by atoms with Crippen molar-refractivity contribution in [3.05, 3.63) is 76.2 Å². The number of thioether (sulfide) groups is 1. The van der Waals surface area contributed by atoms with Gasteiger partial charge in [0.2, 0.25) is 0 Å². The number of hydrogen-bond donors (Lipinski definition) is 0. The van der Waals surface area contributed by atoms with Crippen molar-refractivity contribution in [3.63, 3.8) is 0 Å². The summed E-state index contributed by atoms with van der Waals surface area (Å²) in [5, 5.41) is 0.897. The van der Waals surface area contributed by atoms with Crippen LogP contribution in [0.1, 0.15) is 51.2 Å². The fourth-order valence-corrected chi connectivity index (χ4v) is 4.69. The first kappa shape index (κ1) is 25.8. The smallest absolute Gasteiger partial charge is 0.344 e. The molecule has 1 atom stereocenters. The summed E-state index contributed by atoms with van der Waals surface area (Å²) in [7, 11) is 0. The van der Waals surface area contributed by atoms with Crippen LogP contribution in [-0.2, 0) is 16.0 Å². The Balaban J connectivity index is 1.72. The molecule has 0 amide bonds. The van der Waals surface area contributed by atoms with Crippen molar-refractivity contribution in [2.24, 2.45) is 5.92 Å². The van der Waals surface area contributed by atoms with E-state index in [1.807, 2.05) is 37.3 Å². The molecule has 0 aliphatic carbocycles. The minimum absolute atomic E-state index is 0.186. The summed E-state index contributed by atoms with van der Waals surface area (Å²) in [5.74, 6) is 0.606. The van der Waals surface area contributed by atoms with Gasteiger partial charge in [0.25, 0.3) is 0 Å². The Morgan fingerprint density at radius 3 is 2.62 bits per heavy atom. The second-order valence-electron chi connectivity index (χ2n) is 9.05. The molecule has 0 saturated carbocycles. The molecular weight excluding hydrogens is 444 g/mol. The van der Waals surface area contributed by atoms with E-state index in [9.17, 15) is 9.59 Å². The van der Waals surface area contributed by atoms with Crippen LogP contribution in [0.3, 0.4) is 0 Å². The number of carbonyl (C=O) groups excluding carboxylic acids is 1. The number of hydrogen-bond acceptors (Lipinski definition) is 5. The topological polar surface area (TPSA) is 56.5 Å². The molecule has 0 saturated heterocycles. The fourth-order valence-electron chi connectivity index (χ4n) is 3.76. The van der Waals surface area contributed by atoms with Crippen LogP contribution in [0.4, 0.5) is 0 Å². The molecule has 0 N–H and O–H groups in total. The van der Waals surface area contributed by atoms with Gasteiger partial charge in [0.1, 0.15) is 5.58 Å². The third-order valence-corrected chi connectivity index (χ3v) is 7.06. The average molecular weight is 479 g/mol. The molecule has 4 nitrogen and oxygen atoms in total. The van der Waals surface area contributed by atoms with Crippen LogP contribution in [0.15, 0.2) is 68.7 Å². The predicted octanol–water partition coefficient (Wildman–Crippen LogP) is 7.35. The van der Waals surface area contributed by atoms with E-state index in [1.54, 1.807) is 18.7 Å². The van der Waals surface area contributed by atoms with E-state index in [1.165, 1.54) is 24.8 Å². The Morgan fingerprint density at radius 2 is 1.91 bits per heavy atom. The highest BCUT2D eigenvalue weighted by atomic mass is 32.2. The van der Waals surface area contributed by atoms with Crippen molar-refractivity contribution in [2.75, 3.05) is 12.4 Å². The van der Waals surface area contributed by atoms with E-state index in [2.05, 4.69) is 32.6 Å². The van der Waals surface area contributed by atoms with E-state index < -0.39 is 0 Å². The van der Waals surface area contributed by atoms with Crippen molar-refractivity contribution in [2.45, 2.75) is 58.3 Å². The summed E-state index contributed by atoms with van der Waals surface area (Å²) in [6.45, 7) is 11.9. The van der Waals surface area contributed by atoms with Crippen LogP contribution >= 0.6 is 11.8 Å². The molecule has 3 aromatic rings. The van der Waals surface area contributed by atoms with Gasteiger partial charge in [-0.05, 0) is 67.5 Å². The number of fused-ring (bicyclic) bond motifs is 1. The van der Waals surface area contributed by atoms with E-state index in [0.29, 0.717) is 23.3 Å². The molecule has 180 valence electrons. The highest BCUT2D eigenvalue weighted by molar-refractivity contribution is 7.99. The molecule has 0 fully saturated rings. The highest BCUT2D eigenvalue weighted by Crippen LogP contribution is 2.29. The number of aryl methyl sites for hydroxylation is 2. The Bertz CT molecular complexity index is 1220. The van der Waals surface area contributed by atoms with Crippen molar-refractivity contribution < 1.29 is 13.9 Å². The van der Waals surface area contributed by atoms with E-state index in [-0.39, 0.29) is 17.5 Å². The van der Waals surface area contributed by atoms with Crippen molar-refractivity contribution >= 4 is 28.7 Å². The van der Waals surface area contributed by atoms with Gasteiger partial charge in [-0.2, -0.15) is 0 Å². The zero-order chi connectivity index (χ0) is 24.7. The van der Waals surface area contributed by atoms with Crippen molar-refractivity contribution in [3.8, 4) is 11.1 Å². The zero-order valence-electron chi connectivity index (χ0n) is 20.6. The van der Waals surface area contributed by atoms with E-state index in [0.717, 1.165) is 33.6 Å². The Kier molecular flexibility index (Phi) is 9.17. The van der Waals surface area contributed by atoms with Crippen molar-refractivity contribution in [1.29, 1.82) is 0 Å². The lowest BCUT2D eigenvalue weighted by atomic mass is 9.97. The monoisotopic (exact) mass is 478 g/mol. The summed E-state index contributed by atoms with van der Waals surface area (Å²) < 4.78 is 10.9. The van der Waals surface area contributed by atoms with Gasteiger partial charge in [0.05, 0.1) is 12.2 Å².